The van der Waals surface area contributed by atoms with Crippen LogP contribution in [0.1, 0.15) is 52.7 Å². The number of aromatic carboxylic acids is 1. The number of carbonyl (C=O) groups is 1. The van der Waals surface area contributed by atoms with Crippen molar-refractivity contribution in [1.29, 1.82) is 0 Å². The number of rotatable bonds is 7. The molecule has 1 aliphatic heterocycles. The number of fused-ring (bicyclic) bond motifs is 2. The van der Waals surface area contributed by atoms with E-state index in [9.17, 15) is 14.7 Å². The van der Waals surface area contributed by atoms with Gasteiger partial charge in [-0.2, -0.15) is 0 Å². The molecule has 6 nitrogen and oxygen atoms in total. The van der Waals surface area contributed by atoms with Crippen molar-refractivity contribution in [3.63, 3.8) is 0 Å². The summed E-state index contributed by atoms with van der Waals surface area (Å²) in [5.74, 6) is 0.846. The van der Waals surface area contributed by atoms with E-state index >= 15 is 0 Å². The van der Waals surface area contributed by atoms with Gasteiger partial charge >= 0.3 is 5.97 Å². The second-order valence-electron chi connectivity index (χ2n) is 9.00. The highest BCUT2D eigenvalue weighted by atomic mass is 16.7. The Morgan fingerprint density at radius 3 is 2.71 bits per heavy atom. The van der Waals surface area contributed by atoms with Gasteiger partial charge in [0.05, 0.1) is 16.5 Å². The molecule has 0 bridgehead atoms. The maximum absolute atomic E-state index is 13.1. The zero-order valence-electron chi connectivity index (χ0n) is 19.7. The number of carboxylic acid groups (broad SMARTS) is 1. The van der Waals surface area contributed by atoms with E-state index in [-0.39, 0.29) is 18.1 Å². The molecule has 0 saturated heterocycles. The van der Waals surface area contributed by atoms with E-state index in [4.69, 9.17) is 13.9 Å². The van der Waals surface area contributed by atoms with Crippen LogP contribution in [0.5, 0.6) is 11.5 Å². The average Bonchev–Trinajstić information content (AvgIpc) is 3.33. The maximum atomic E-state index is 13.1. The molecule has 0 saturated carbocycles. The van der Waals surface area contributed by atoms with Gasteiger partial charge in [0.2, 0.25) is 6.79 Å². The lowest BCUT2D eigenvalue weighted by molar-refractivity contribution is 0.0695. The molecule has 1 N–H and O–H groups in total. The lowest BCUT2D eigenvalue weighted by atomic mass is 9.91. The lowest BCUT2D eigenvalue weighted by Gasteiger charge is -2.16. The van der Waals surface area contributed by atoms with E-state index in [1.807, 2.05) is 43.3 Å². The molecule has 35 heavy (non-hydrogen) atoms. The summed E-state index contributed by atoms with van der Waals surface area (Å²) >= 11 is 0. The minimum absolute atomic E-state index is 0.105. The van der Waals surface area contributed by atoms with Crippen molar-refractivity contribution in [2.75, 3.05) is 6.79 Å². The van der Waals surface area contributed by atoms with E-state index in [1.165, 1.54) is 6.07 Å². The summed E-state index contributed by atoms with van der Waals surface area (Å²) in [6.45, 7) is 4.22. The van der Waals surface area contributed by atoms with Gasteiger partial charge in [0.15, 0.2) is 16.9 Å². The summed E-state index contributed by atoms with van der Waals surface area (Å²) in [5, 5.41) is 10.00. The number of benzene rings is 3. The first-order valence-electron chi connectivity index (χ1n) is 11.7. The Labute approximate surface area is 202 Å². The van der Waals surface area contributed by atoms with Gasteiger partial charge in [-0.3, -0.25) is 4.79 Å². The van der Waals surface area contributed by atoms with Crippen molar-refractivity contribution in [1.82, 2.24) is 0 Å². The van der Waals surface area contributed by atoms with Crippen molar-refractivity contribution in [2.45, 2.75) is 39.0 Å². The molecule has 0 amide bonds. The summed E-state index contributed by atoms with van der Waals surface area (Å²) in [4.78, 5) is 24.6. The minimum Gasteiger partial charge on any atom is -0.478 e. The molecule has 0 fully saturated rings. The van der Waals surface area contributed by atoms with Crippen molar-refractivity contribution < 1.29 is 23.8 Å². The van der Waals surface area contributed by atoms with Gasteiger partial charge in [-0.1, -0.05) is 37.3 Å². The maximum Gasteiger partial charge on any atom is 0.335 e. The largest absolute Gasteiger partial charge is 0.478 e. The van der Waals surface area contributed by atoms with Gasteiger partial charge in [-0.05, 0) is 73.1 Å². The standard InChI is InChI=1S/C29H26O6/c1-17-13-22(18(2)7-5-9-19-8-3-4-10-20(19)29(31)32)27-23(14-17)24(30)15-26(35-27)21-11-6-12-25-28(21)34-16-33-25/h3-4,6,8,10-15,18H,5,7,9,16H2,1-2H3,(H,31,32). The van der Waals surface area contributed by atoms with Gasteiger partial charge in [-0.25, -0.2) is 4.79 Å². The molecule has 0 radical (unpaired) electrons. The summed E-state index contributed by atoms with van der Waals surface area (Å²) in [5.41, 5.74) is 4.29. The van der Waals surface area contributed by atoms with Crippen molar-refractivity contribution in [2.24, 2.45) is 0 Å². The first-order chi connectivity index (χ1) is 16.9. The molecular formula is C29H26O6. The van der Waals surface area contributed by atoms with E-state index in [0.29, 0.717) is 45.8 Å². The van der Waals surface area contributed by atoms with Crippen LogP contribution in [-0.4, -0.2) is 17.9 Å². The monoisotopic (exact) mass is 470 g/mol. The van der Waals surface area contributed by atoms with Crippen LogP contribution in [0.4, 0.5) is 0 Å². The average molecular weight is 471 g/mol. The Kier molecular flexibility index (Phi) is 6.03. The molecule has 178 valence electrons. The van der Waals surface area contributed by atoms with Gasteiger partial charge in [-0.15, -0.1) is 0 Å². The van der Waals surface area contributed by atoms with E-state index in [0.717, 1.165) is 29.5 Å². The highest BCUT2D eigenvalue weighted by molar-refractivity contribution is 5.89. The SMILES string of the molecule is Cc1cc(C(C)CCCc2ccccc2C(=O)O)c2oc(-c3cccc4c3OCO4)cc(=O)c2c1. The smallest absolute Gasteiger partial charge is 0.335 e. The van der Waals surface area contributed by atoms with E-state index in [1.54, 1.807) is 12.1 Å². The third kappa shape index (κ3) is 4.39. The predicted octanol–water partition coefficient (Wildman–Crippen LogP) is 6.32. The van der Waals surface area contributed by atoms with Crippen LogP contribution < -0.4 is 14.9 Å². The first-order valence-corrected chi connectivity index (χ1v) is 11.7. The van der Waals surface area contributed by atoms with Crippen LogP contribution in [0.15, 0.2) is 69.9 Å². The summed E-state index contributed by atoms with van der Waals surface area (Å²) in [6.07, 6.45) is 2.29. The van der Waals surface area contributed by atoms with Crippen LogP contribution in [0.25, 0.3) is 22.3 Å². The number of hydrogen-bond acceptors (Lipinski definition) is 5. The number of carboxylic acids is 1. The number of aryl methyl sites for hydroxylation is 2. The molecule has 1 unspecified atom stereocenters. The Morgan fingerprint density at radius 2 is 1.89 bits per heavy atom. The Morgan fingerprint density at radius 1 is 1.06 bits per heavy atom. The zero-order valence-corrected chi connectivity index (χ0v) is 19.7. The van der Waals surface area contributed by atoms with Crippen LogP contribution in [0.3, 0.4) is 0 Å². The van der Waals surface area contributed by atoms with Gasteiger partial charge in [0.25, 0.3) is 0 Å². The number of para-hydroxylation sites is 1. The molecule has 5 rings (SSSR count). The predicted molar refractivity (Wildman–Crippen MR) is 134 cm³/mol. The molecular weight excluding hydrogens is 444 g/mol. The molecule has 6 heteroatoms. The molecule has 3 aromatic carbocycles. The summed E-state index contributed by atoms with van der Waals surface area (Å²) < 4.78 is 17.5. The minimum atomic E-state index is -0.908. The topological polar surface area (TPSA) is 86.0 Å². The second-order valence-corrected chi connectivity index (χ2v) is 9.00. The van der Waals surface area contributed by atoms with Crippen LogP contribution in [-0.2, 0) is 6.42 Å². The zero-order chi connectivity index (χ0) is 24.5. The third-order valence-electron chi connectivity index (χ3n) is 6.53. The fourth-order valence-electron chi connectivity index (χ4n) is 4.76. The first kappa shape index (κ1) is 22.7. The van der Waals surface area contributed by atoms with Crippen molar-refractivity contribution in [3.8, 4) is 22.8 Å². The van der Waals surface area contributed by atoms with Crippen molar-refractivity contribution in [3.05, 3.63) is 93.1 Å². The highest BCUT2D eigenvalue weighted by Gasteiger charge is 2.22. The van der Waals surface area contributed by atoms with Crippen LogP contribution >= 0.6 is 0 Å². The van der Waals surface area contributed by atoms with Gasteiger partial charge in [0.1, 0.15) is 11.3 Å². The second kappa shape index (κ2) is 9.29. The molecule has 1 aromatic heterocycles. The lowest BCUT2D eigenvalue weighted by Crippen LogP contribution is -2.06. The molecule has 1 atom stereocenters. The molecule has 0 spiro atoms. The van der Waals surface area contributed by atoms with Gasteiger partial charge < -0.3 is 19.0 Å². The van der Waals surface area contributed by atoms with Crippen molar-refractivity contribution >= 4 is 16.9 Å². The van der Waals surface area contributed by atoms with E-state index in [2.05, 4.69) is 13.0 Å². The fourth-order valence-corrected chi connectivity index (χ4v) is 4.76. The third-order valence-corrected chi connectivity index (χ3v) is 6.53. The van der Waals surface area contributed by atoms with Gasteiger partial charge in [0, 0.05) is 6.07 Å². The number of ether oxygens (including phenoxy) is 2. The molecule has 2 heterocycles. The summed E-state index contributed by atoms with van der Waals surface area (Å²) in [7, 11) is 0. The molecule has 0 aliphatic carbocycles. The van der Waals surface area contributed by atoms with Crippen LogP contribution in [0.2, 0.25) is 0 Å². The highest BCUT2D eigenvalue weighted by Crippen LogP contribution is 2.42. The normalized spacial score (nSPS) is 13.2. The van der Waals surface area contributed by atoms with Crippen LogP contribution in [0, 0.1) is 6.92 Å². The molecule has 4 aromatic rings. The summed E-state index contributed by atoms with van der Waals surface area (Å²) in [6, 6.07) is 18.1. The Hall–Kier alpha value is -4.06. The fraction of sp³-hybridized carbons (Fsp3) is 0.241. The molecule has 1 aliphatic rings. The van der Waals surface area contributed by atoms with E-state index < -0.39 is 5.97 Å². The Bertz CT molecular complexity index is 1480. The quantitative estimate of drug-likeness (QED) is 0.340. The Balaban J connectivity index is 1.48. The number of hydrogen-bond donors (Lipinski definition) is 1.